The Morgan fingerprint density at radius 2 is 2.03 bits per heavy atom. The van der Waals surface area contributed by atoms with E-state index < -0.39 is 10.8 Å². The first-order valence-electron chi connectivity index (χ1n) is 10.4. The number of carbonyl (C=O) groups is 1. The van der Waals surface area contributed by atoms with Crippen LogP contribution in [0.25, 0.3) is 5.69 Å². The fraction of sp³-hybridized carbons (Fsp3) is 0.318. The van der Waals surface area contributed by atoms with E-state index in [4.69, 9.17) is 0 Å². The first kappa shape index (κ1) is 21.6. The number of non-ortho nitro benzene ring substituents is 1. The van der Waals surface area contributed by atoms with Crippen molar-refractivity contribution in [2.24, 2.45) is 5.92 Å². The number of nitro benzene ring substituents is 1. The van der Waals surface area contributed by atoms with Gasteiger partial charge in [0.2, 0.25) is 0 Å². The van der Waals surface area contributed by atoms with Crippen molar-refractivity contribution >= 4 is 11.6 Å². The maximum atomic E-state index is 12.8. The second-order valence-electron chi connectivity index (χ2n) is 7.86. The molecular formula is C22H24N6O4. The molecule has 1 aliphatic heterocycles. The van der Waals surface area contributed by atoms with Gasteiger partial charge in [0.05, 0.1) is 16.8 Å². The standard InChI is InChI=1S/C22H24N6O4/c29-15-17-9-10-26(12-16-5-2-1-3-6-16)13-20(17)23-22(30)21-14-27(25-24-21)18-7-4-8-19(11-18)28(31)32/h1-8,11,14,17,20,29H,9-10,12-13,15H2,(H,23,30)/t17-,20-/m0/s1. The number of aliphatic hydroxyl groups excluding tert-OH is 1. The van der Waals surface area contributed by atoms with E-state index in [9.17, 15) is 20.0 Å². The Morgan fingerprint density at radius 3 is 2.78 bits per heavy atom. The summed E-state index contributed by atoms with van der Waals surface area (Å²) in [4.78, 5) is 25.6. The SMILES string of the molecule is O=C(N[C@H]1CN(Cc2ccccc2)CC[C@H]1CO)c1cn(-c2cccc([N+](=O)[O-])c2)nn1. The Balaban J connectivity index is 1.44. The first-order chi connectivity index (χ1) is 15.5. The summed E-state index contributed by atoms with van der Waals surface area (Å²) in [6, 6.07) is 15.8. The summed E-state index contributed by atoms with van der Waals surface area (Å²) < 4.78 is 1.33. The summed E-state index contributed by atoms with van der Waals surface area (Å²) in [5.74, 6) is -0.440. The summed E-state index contributed by atoms with van der Waals surface area (Å²) in [7, 11) is 0. The molecule has 1 aliphatic rings. The average Bonchev–Trinajstić information content (AvgIpc) is 3.31. The van der Waals surface area contributed by atoms with Crippen LogP contribution in [0.15, 0.2) is 60.8 Å². The lowest BCUT2D eigenvalue weighted by Gasteiger charge is -2.38. The van der Waals surface area contributed by atoms with Gasteiger partial charge in [-0.15, -0.1) is 5.10 Å². The van der Waals surface area contributed by atoms with Crippen LogP contribution in [-0.2, 0) is 6.54 Å². The normalized spacial score (nSPS) is 18.9. The molecule has 2 heterocycles. The quantitative estimate of drug-likeness (QED) is 0.427. The third kappa shape index (κ3) is 4.98. The lowest BCUT2D eigenvalue weighted by Crippen LogP contribution is -2.53. The first-order valence-corrected chi connectivity index (χ1v) is 10.4. The van der Waals surface area contributed by atoms with E-state index in [0.717, 1.165) is 19.5 Å². The molecule has 1 fully saturated rings. The van der Waals surface area contributed by atoms with Gasteiger partial charge in [-0.2, -0.15) is 0 Å². The molecule has 0 bridgehead atoms. The Kier molecular flexibility index (Phi) is 6.52. The minimum atomic E-state index is -0.493. The number of hydrogen-bond donors (Lipinski definition) is 2. The smallest absolute Gasteiger partial charge is 0.273 e. The highest BCUT2D eigenvalue weighted by Gasteiger charge is 2.30. The largest absolute Gasteiger partial charge is 0.396 e. The van der Waals surface area contributed by atoms with Gasteiger partial charge in [-0.25, -0.2) is 4.68 Å². The van der Waals surface area contributed by atoms with Crippen LogP contribution in [0.2, 0.25) is 0 Å². The maximum Gasteiger partial charge on any atom is 0.273 e. The van der Waals surface area contributed by atoms with E-state index in [2.05, 4.69) is 32.7 Å². The average molecular weight is 436 g/mol. The fourth-order valence-electron chi connectivity index (χ4n) is 3.92. The zero-order valence-corrected chi connectivity index (χ0v) is 17.4. The van der Waals surface area contributed by atoms with Crippen molar-refractivity contribution in [3.05, 3.63) is 82.2 Å². The molecule has 166 valence electrons. The van der Waals surface area contributed by atoms with Gasteiger partial charge in [0.1, 0.15) is 0 Å². The summed E-state index contributed by atoms with van der Waals surface area (Å²) >= 11 is 0. The number of amides is 1. The number of carbonyl (C=O) groups excluding carboxylic acids is 1. The number of nitrogens with zero attached hydrogens (tertiary/aromatic N) is 5. The van der Waals surface area contributed by atoms with Gasteiger partial charge < -0.3 is 10.4 Å². The molecule has 1 amide bonds. The molecule has 0 aliphatic carbocycles. The maximum absolute atomic E-state index is 12.8. The Bertz CT molecular complexity index is 1090. The highest BCUT2D eigenvalue weighted by atomic mass is 16.6. The number of aliphatic hydroxyl groups is 1. The summed E-state index contributed by atoms with van der Waals surface area (Å²) in [5, 5.41) is 31.6. The van der Waals surface area contributed by atoms with Crippen molar-refractivity contribution < 1.29 is 14.8 Å². The number of nitro groups is 1. The molecule has 10 nitrogen and oxygen atoms in total. The molecule has 2 aromatic carbocycles. The zero-order chi connectivity index (χ0) is 22.5. The molecule has 0 saturated carbocycles. The van der Waals surface area contributed by atoms with Crippen LogP contribution < -0.4 is 5.32 Å². The van der Waals surface area contributed by atoms with E-state index in [1.165, 1.54) is 28.6 Å². The van der Waals surface area contributed by atoms with Crippen molar-refractivity contribution in [3.8, 4) is 5.69 Å². The molecule has 10 heteroatoms. The predicted octanol–water partition coefficient (Wildman–Crippen LogP) is 1.79. The molecule has 0 radical (unpaired) electrons. The van der Waals surface area contributed by atoms with Crippen LogP contribution in [0.3, 0.4) is 0 Å². The minimum absolute atomic E-state index is 0.00943. The van der Waals surface area contributed by atoms with Gasteiger partial charge >= 0.3 is 0 Å². The summed E-state index contributed by atoms with van der Waals surface area (Å²) in [6.07, 6.45) is 2.21. The van der Waals surface area contributed by atoms with Crippen LogP contribution in [0, 0.1) is 16.0 Å². The lowest BCUT2D eigenvalue weighted by molar-refractivity contribution is -0.384. The molecule has 1 saturated heterocycles. The van der Waals surface area contributed by atoms with Gasteiger partial charge in [-0.1, -0.05) is 41.6 Å². The van der Waals surface area contributed by atoms with Crippen molar-refractivity contribution in [1.82, 2.24) is 25.2 Å². The van der Waals surface area contributed by atoms with Gasteiger partial charge in [0.15, 0.2) is 5.69 Å². The Labute approximate surface area is 184 Å². The van der Waals surface area contributed by atoms with Crippen molar-refractivity contribution in [3.63, 3.8) is 0 Å². The van der Waals surface area contributed by atoms with Crippen LogP contribution in [-0.4, -0.2) is 61.6 Å². The number of likely N-dealkylation sites (tertiary alicyclic amines) is 1. The predicted molar refractivity (Wildman–Crippen MR) is 116 cm³/mol. The van der Waals surface area contributed by atoms with Crippen LogP contribution >= 0.6 is 0 Å². The number of nitrogens with one attached hydrogen (secondary N) is 1. The number of rotatable bonds is 7. The number of hydrogen-bond acceptors (Lipinski definition) is 7. The molecule has 4 rings (SSSR count). The van der Waals surface area contributed by atoms with Crippen molar-refractivity contribution in [2.75, 3.05) is 19.7 Å². The minimum Gasteiger partial charge on any atom is -0.396 e. The van der Waals surface area contributed by atoms with Crippen LogP contribution in [0.5, 0.6) is 0 Å². The second kappa shape index (κ2) is 9.67. The zero-order valence-electron chi connectivity index (χ0n) is 17.4. The molecule has 1 aromatic heterocycles. The third-order valence-corrected chi connectivity index (χ3v) is 5.67. The number of piperidine rings is 1. The fourth-order valence-corrected chi connectivity index (χ4v) is 3.92. The van der Waals surface area contributed by atoms with Gasteiger partial charge in [0, 0.05) is 43.8 Å². The number of aromatic nitrogens is 3. The van der Waals surface area contributed by atoms with E-state index in [1.807, 2.05) is 18.2 Å². The van der Waals surface area contributed by atoms with Gasteiger partial charge in [-0.05, 0) is 24.6 Å². The van der Waals surface area contributed by atoms with Crippen molar-refractivity contribution in [2.45, 2.75) is 19.0 Å². The monoisotopic (exact) mass is 436 g/mol. The third-order valence-electron chi connectivity index (χ3n) is 5.67. The van der Waals surface area contributed by atoms with E-state index >= 15 is 0 Å². The molecule has 3 aromatic rings. The Hall–Kier alpha value is -3.63. The molecule has 0 unspecified atom stereocenters. The molecule has 2 N–H and O–H groups in total. The molecule has 32 heavy (non-hydrogen) atoms. The second-order valence-corrected chi connectivity index (χ2v) is 7.86. The Morgan fingerprint density at radius 1 is 1.22 bits per heavy atom. The number of benzene rings is 2. The highest BCUT2D eigenvalue weighted by molar-refractivity contribution is 5.92. The van der Waals surface area contributed by atoms with E-state index in [1.54, 1.807) is 12.1 Å². The van der Waals surface area contributed by atoms with Gasteiger partial charge in [-0.3, -0.25) is 19.8 Å². The lowest BCUT2D eigenvalue weighted by atomic mass is 9.92. The van der Waals surface area contributed by atoms with Crippen LogP contribution in [0.4, 0.5) is 5.69 Å². The molecule has 0 spiro atoms. The molecular weight excluding hydrogens is 412 g/mol. The summed E-state index contributed by atoms with van der Waals surface area (Å²) in [6.45, 7) is 2.22. The summed E-state index contributed by atoms with van der Waals surface area (Å²) in [5.41, 5.74) is 1.66. The van der Waals surface area contributed by atoms with Crippen LogP contribution in [0.1, 0.15) is 22.5 Å². The van der Waals surface area contributed by atoms with E-state index in [0.29, 0.717) is 12.2 Å². The van der Waals surface area contributed by atoms with Gasteiger partial charge in [0.25, 0.3) is 11.6 Å². The molecule has 2 atom stereocenters. The van der Waals surface area contributed by atoms with E-state index in [-0.39, 0.29) is 29.9 Å². The van der Waals surface area contributed by atoms with Crippen molar-refractivity contribution in [1.29, 1.82) is 0 Å². The highest BCUT2D eigenvalue weighted by Crippen LogP contribution is 2.20. The topological polar surface area (TPSA) is 126 Å².